The normalized spacial score (nSPS) is 27.4. The van der Waals surface area contributed by atoms with Crippen LogP contribution >= 0.6 is 0 Å². The average molecular weight is 283 g/mol. The Hall–Kier alpha value is -0.810. The molecular formula is C15H29N3O2. The fourth-order valence-corrected chi connectivity index (χ4v) is 2.94. The first kappa shape index (κ1) is 15.6. The van der Waals surface area contributed by atoms with Crippen LogP contribution in [0, 0.1) is 5.92 Å². The first-order valence-corrected chi connectivity index (χ1v) is 7.96. The van der Waals surface area contributed by atoms with E-state index in [1.807, 2.05) is 0 Å². The molecule has 2 heterocycles. The van der Waals surface area contributed by atoms with Gasteiger partial charge in [-0.25, -0.2) is 0 Å². The Labute approximate surface area is 122 Å². The van der Waals surface area contributed by atoms with E-state index in [9.17, 15) is 5.11 Å². The van der Waals surface area contributed by atoms with E-state index in [4.69, 9.17) is 9.73 Å². The Kier molecular flexibility index (Phi) is 5.66. The van der Waals surface area contributed by atoms with Gasteiger partial charge < -0.3 is 20.1 Å². The molecule has 0 bridgehead atoms. The predicted octanol–water partition coefficient (Wildman–Crippen LogP) is 1.23. The van der Waals surface area contributed by atoms with Gasteiger partial charge in [-0.3, -0.25) is 4.99 Å². The van der Waals surface area contributed by atoms with Gasteiger partial charge in [0, 0.05) is 45.7 Å². The summed E-state index contributed by atoms with van der Waals surface area (Å²) in [5.74, 6) is 1.68. The van der Waals surface area contributed by atoms with Crippen molar-refractivity contribution in [1.29, 1.82) is 0 Å². The molecule has 20 heavy (non-hydrogen) atoms. The largest absolute Gasteiger partial charge is 0.388 e. The number of aliphatic imine (C=N–C) groups is 1. The van der Waals surface area contributed by atoms with Gasteiger partial charge in [0.1, 0.15) is 0 Å². The van der Waals surface area contributed by atoms with Gasteiger partial charge in [-0.15, -0.1) is 0 Å². The number of nitrogens with one attached hydrogen (secondary N) is 1. The number of nitrogens with zero attached hydrogens (tertiary/aromatic N) is 2. The molecule has 2 rings (SSSR count). The van der Waals surface area contributed by atoms with Gasteiger partial charge in [0.05, 0.1) is 12.1 Å². The lowest BCUT2D eigenvalue weighted by Crippen LogP contribution is -2.47. The van der Waals surface area contributed by atoms with Gasteiger partial charge in [-0.2, -0.15) is 0 Å². The number of aliphatic hydroxyl groups is 1. The highest BCUT2D eigenvalue weighted by atomic mass is 16.5. The molecule has 5 heteroatoms. The molecule has 0 aromatic heterocycles. The van der Waals surface area contributed by atoms with Gasteiger partial charge in [0.25, 0.3) is 0 Å². The number of ether oxygens (including phenoxy) is 1. The number of rotatable bonds is 3. The number of guanidine groups is 1. The fourth-order valence-electron chi connectivity index (χ4n) is 2.94. The van der Waals surface area contributed by atoms with E-state index >= 15 is 0 Å². The highest BCUT2D eigenvalue weighted by Gasteiger charge is 2.30. The smallest absolute Gasteiger partial charge is 0.194 e. The van der Waals surface area contributed by atoms with Crippen LogP contribution in [0.1, 0.15) is 39.5 Å². The lowest BCUT2D eigenvalue weighted by Gasteiger charge is -2.35. The van der Waals surface area contributed by atoms with Crippen LogP contribution in [0.5, 0.6) is 0 Å². The molecule has 5 nitrogen and oxygen atoms in total. The van der Waals surface area contributed by atoms with Crippen LogP contribution in [0.4, 0.5) is 0 Å². The van der Waals surface area contributed by atoms with Crippen molar-refractivity contribution in [2.75, 3.05) is 39.4 Å². The second-order valence-corrected chi connectivity index (χ2v) is 6.20. The maximum Gasteiger partial charge on any atom is 0.194 e. The summed E-state index contributed by atoms with van der Waals surface area (Å²) in [6.45, 7) is 9.14. The second-order valence-electron chi connectivity index (χ2n) is 6.20. The van der Waals surface area contributed by atoms with Crippen LogP contribution < -0.4 is 5.32 Å². The lowest BCUT2D eigenvalue weighted by atomic mass is 9.95. The van der Waals surface area contributed by atoms with Crippen molar-refractivity contribution < 1.29 is 9.84 Å². The van der Waals surface area contributed by atoms with Gasteiger partial charge in [-0.05, 0) is 25.7 Å². The predicted molar refractivity (Wildman–Crippen MR) is 81.0 cm³/mol. The van der Waals surface area contributed by atoms with Crippen molar-refractivity contribution in [1.82, 2.24) is 10.2 Å². The number of likely N-dealkylation sites (tertiary alicyclic amines) is 1. The number of hydrogen-bond donors (Lipinski definition) is 2. The van der Waals surface area contributed by atoms with Crippen molar-refractivity contribution in [3.05, 3.63) is 0 Å². The maximum atomic E-state index is 10.5. The van der Waals surface area contributed by atoms with Crippen molar-refractivity contribution in [2.45, 2.75) is 45.1 Å². The van der Waals surface area contributed by atoms with Crippen LogP contribution in [0.25, 0.3) is 0 Å². The minimum Gasteiger partial charge on any atom is -0.388 e. The minimum absolute atomic E-state index is 0.476. The SMILES string of the molecule is CCNC(=NCC1(O)CCOCC1)N1CCCC(C)C1. The Bertz CT molecular complexity index is 327. The summed E-state index contributed by atoms with van der Waals surface area (Å²) in [7, 11) is 0. The molecule has 0 aromatic carbocycles. The third-order valence-corrected chi connectivity index (χ3v) is 4.24. The van der Waals surface area contributed by atoms with E-state index < -0.39 is 5.60 Å². The average Bonchev–Trinajstić information content (AvgIpc) is 2.44. The molecule has 0 radical (unpaired) electrons. The summed E-state index contributed by atoms with van der Waals surface area (Å²) >= 11 is 0. The highest BCUT2D eigenvalue weighted by molar-refractivity contribution is 5.80. The number of hydrogen-bond acceptors (Lipinski definition) is 3. The molecule has 0 aromatic rings. The van der Waals surface area contributed by atoms with Gasteiger partial charge in [0.2, 0.25) is 0 Å². The Morgan fingerprint density at radius 3 is 2.85 bits per heavy atom. The molecule has 2 saturated heterocycles. The van der Waals surface area contributed by atoms with E-state index in [0.29, 0.717) is 32.6 Å². The molecule has 2 aliphatic rings. The first-order chi connectivity index (χ1) is 9.63. The maximum absolute atomic E-state index is 10.5. The molecule has 0 aliphatic carbocycles. The third-order valence-electron chi connectivity index (χ3n) is 4.24. The topological polar surface area (TPSA) is 57.1 Å². The first-order valence-electron chi connectivity index (χ1n) is 7.96. The molecule has 1 unspecified atom stereocenters. The molecule has 116 valence electrons. The highest BCUT2D eigenvalue weighted by Crippen LogP contribution is 2.21. The van der Waals surface area contributed by atoms with Crippen molar-refractivity contribution in [2.24, 2.45) is 10.9 Å². The van der Waals surface area contributed by atoms with Gasteiger partial charge in [0.15, 0.2) is 5.96 Å². The monoisotopic (exact) mass is 283 g/mol. The van der Waals surface area contributed by atoms with Crippen LogP contribution in [0.2, 0.25) is 0 Å². The van der Waals surface area contributed by atoms with E-state index in [1.54, 1.807) is 0 Å². The summed E-state index contributed by atoms with van der Waals surface area (Å²) in [5, 5.41) is 13.9. The Morgan fingerprint density at radius 1 is 1.45 bits per heavy atom. The zero-order chi connectivity index (χ0) is 14.4. The quantitative estimate of drug-likeness (QED) is 0.604. The van der Waals surface area contributed by atoms with Gasteiger partial charge >= 0.3 is 0 Å². The van der Waals surface area contributed by atoms with E-state index in [1.165, 1.54) is 12.8 Å². The lowest BCUT2D eigenvalue weighted by molar-refractivity contribution is -0.0567. The fraction of sp³-hybridized carbons (Fsp3) is 0.933. The summed E-state index contributed by atoms with van der Waals surface area (Å²) in [5.41, 5.74) is -0.680. The molecular weight excluding hydrogens is 254 g/mol. The minimum atomic E-state index is -0.680. The molecule has 2 N–H and O–H groups in total. The summed E-state index contributed by atoms with van der Waals surface area (Å²) in [6.07, 6.45) is 3.90. The Balaban J connectivity index is 1.97. The van der Waals surface area contributed by atoms with E-state index in [-0.39, 0.29) is 0 Å². The van der Waals surface area contributed by atoms with Crippen LogP contribution in [0.15, 0.2) is 4.99 Å². The van der Waals surface area contributed by atoms with Gasteiger partial charge in [-0.1, -0.05) is 6.92 Å². The van der Waals surface area contributed by atoms with Crippen molar-refractivity contribution in [3.63, 3.8) is 0 Å². The zero-order valence-corrected chi connectivity index (χ0v) is 12.9. The van der Waals surface area contributed by atoms with E-state index in [2.05, 4.69) is 24.1 Å². The third kappa shape index (κ3) is 4.35. The zero-order valence-electron chi connectivity index (χ0n) is 12.9. The Morgan fingerprint density at radius 2 is 2.20 bits per heavy atom. The van der Waals surface area contributed by atoms with Crippen molar-refractivity contribution in [3.8, 4) is 0 Å². The summed E-state index contributed by atoms with van der Waals surface area (Å²) in [6, 6.07) is 0. The molecule has 0 amide bonds. The van der Waals surface area contributed by atoms with Crippen LogP contribution in [-0.4, -0.2) is 61.0 Å². The van der Waals surface area contributed by atoms with Crippen molar-refractivity contribution >= 4 is 5.96 Å². The summed E-state index contributed by atoms with van der Waals surface area (Å²) < 4.78 is 5.32. The second kappa shape index (κ2) is 7.27. The molecule has 0 saturated carbocycles. The van der Waals surface area contributed by atoms with E-state index in [0.717, 1.165) is 31.5 Å². The molecule has 2 aliphatic heterocycles. The molecule has 0 spiro atoms. The molecule has 2 fully saturated rings. The van der Waals surface area contributed by atoms with Crippen LogP contribution in [0.3, 0.4) is 0 Å². The standard InChI is InChI=1S/C15H29N3O2/c1-3-16-14(18-8-4-5-13(2)11-18)17-12-15(19)6-9-20-10-7-15/h13,19H,3-12H2,1-2H3,(H,16,17). The van der Waals surface area contributed by atoms with Crippen LogP contribution in [-0.2, 0) is 4.74 Å². The molecule has 1 atom stereocenters. The summed E-state index contributed by atoms with van der Waals surface area (Å²) in [4.78, 5) is 7.03. The number of piperidine rings is 1.